The Kier molecular flexibility index (Phi) is 8.49. The molecule has 24 heavy (non-hydrogen) atoms. The third-order valence-corrected chi connectivity index (χ3v) is 4.83. The van der Waals surface area contributed by atoms with Crippen LogP contribution in [-0.2, 0) is 14.8 Å². The lowest BCUT2D eigenvalue weighted by atomic mass is 10.1. The van der Waals surface area contributed by atoms with Gasteiger partial charge in [-0.3, -0.25) is 4.79 Å². The fraction of sp³-hybridized carbons (Fsp3) is 0.471. The number of benzene rings is 1. The predicted molar refractivity (Wildman–Crippen MR) is 94.3 cm³/mol. The van der Waals surface area contributed by atoms with Crippen molar-refractivity contribution in [3.63, 3.8) is 0 Å². The lowest BCUT2D eigenvalue weighted by Gasteiger charge is -2.18. The van der Waals surface area contributed by atoms with E-state index in [1.54, 1.807) is 36.4 Å². The quantitative estimate of drug-likeness (QED) is 0.595. The largest absolute Gasteiger partial charge is 0.507 e. The summed E-state index contributed by atoms with van der Waals surface area (Å²) in [5.74, 6) is -0.653. The summed E-state index contributed by atoms with van der Waals surface area (Å²) in [6, 6.07) is 6.84. The third-order valence-electron chi connectivity index (χ3n) is 3.56. The van der Waals surface area contributed by atoms with E-state index in [1.807, 2.05) is 0 Å². The molecule has 1 aromatic carbocycles. The molecule has 0 aliphatic carbocycles. The summed E-state index contributed by atoms with van der Waals surface area (Å²) in [4.78, 5) is 10.4. The number of phenolic OH excluding ortho intramolecular Hbond substituents is 1. The van der Waals surface area contributed by atoms with Crippen LogP contribution >= 0.6 is 0 Å². The van der Waals surface area contributed by atoms with Gasteiger partial charge in [0.1, 0.15) is 5.75 Å². The van der Waals surface area contributed by atoms with Crippen molar-refractivity contribution in [2.45, 2.75) is 32.1 Å². The second-order valence-corrected chi connectivity index (χ2v) is 7.62. The van der Waals surface area contributed by atoms with Crippen LogP contribution < -0.4 is 0 Å². The highest BCUT2D eigenvalue weighted by atomic mass is 32.2. The zero-order valence-corrected chi connectivity index (χ0v) is 14.7. The van der Waals surface area contributed by atoms with Gasteiger partial charge in [-0.15, -0.1) is 0 Å². The van der Waals surface area contributed by atoms with Crippen molar-refractivity contribution in [2.24, 2.45) is 0 Å². The number of sulfonamides is 1. The van der Waals surface area contributed by atoms with Crippen molar-refractivity contribution in [1.29, 1.82) is 0 Å². The molecule has 2 N–H and O–H groups in total. The van der Waals surface area contributed by atoms with E-state index in [4.69, 9.17) is 5.11 Å². The number of aromatic hydroxyl groups is 1. The van der Waals surface area contributed by atoms with Gasteiger partial charge in [-0.05, 0) is 18.9 Å². The predicted octanol–water partition coefficient (Wildman–Crippen LogP) is 2.70. The molecular formula is C17H25NO5S. The maximum atomic E-state index is 11.8. The smallest absolute Gasteiger partial charge is 0.303 e. The number of para-hydroxylation sites is 1. The fourth-order valence-electron chi connectivity index (χ4n) is 2.24. The summed E-state index contributed by atoms with van der Waals surface area (Å²) >= 11 is 0. The van der Waals surface area contributed by atoms with Gasteiger partial charge in [0, 0.05) is 25.1 Å². The van der Waals surface area contributed by atoms with Gasteiger partial charge in [0.05, 0.1) is 6.26 Å². The summed E-state index contributed by atoms with van der Waals surface area (Å²) in [5, 5.41) is 18.2. The van der Waals surface area contributed by atoms with Crippen LogP contribution in [-0.4, -0.2) is 48.3 Å². The standard InChI is InChI=1S/C17H25NO5S/c1-24(22,23)18(13-7-3-2-4-12-17(20)21)14-8-10-15-9-5-6-11-16(15)19/h5-6,8-11,19H,2-4,7,12-14H2,1H3,(H,20,21)/b10-8+. The van der Waals surface area contributed by atoms with E-state index in [0.717, 1.165) is 12.8 Å². The molecule has 0 spiro atoms. The minimum atomic E-state index is -3.31. The highest BCUT2D eigenvalue weighted by Crippen LogP contribution is 2.17. The Morgan fingerprint density at radius 3 is 2.46 bits per heavy atom. The monoisotopic (exact) mass is 355 g/mol. The average Bonchev–Trinajstić information content (AvgIpc) is 2.49. The molecule has 1 rings (SSSR count). The van der Waals surface area contributed by atoms with E-state index in [9.17, 15) is 18.3 Å². The second kappa shape index (κ2) is 10.1. The Balaban J connectivity index is 2.46. The van der Waals surface area contributed by atoms with Crippen LogP contribution in [0.25, 0.3) is 6.08 Å². The van der Waals surface area contributed by atoms with Gasteiger partial charge >= 0.3 is 5.97 Å². The van der Waals surface area contributed by atoms with Crippen LogP contribution in [0.2, 0.25) is 0 Å². The first-order valence-corrected chi connectivity index (χ1v) is 9.77. The molecule has 134 valence electrons. The molecule has 6 nitrogen and oxygen atoms in total. The van der Waals surface area contributed by atoms with Gasteiger partial charge in [0.15, 0.2) is 0 Å². The number of nitrogens with zero attached hydrogens (tertiary/aromatic N) is 1. The molecule has 0 saturated heterocycles. The van der Waals surface area contributed by atoms with Crippen LogP contribution in [0.15, 0.2) is 30.3 Å². The Morgan fingerprint density at radius 1 is 1.17 bits per heavy atom. The first kappa shape index (κ1) is 20.2. The third kappa shape index (κ3) is 8.12. The van der Waals surface area contributed by atoms with Crippen LogP contribution in [0.5, 0.6) is 5.75 Å². The Morgan fingerprint density at radius 2 is 1.83 bits per heavy atom. The van der Waals surface area contributed by atoms with E-state index in [2.05, 4.69) is 0 Å². The summed E-state index contributed by atoms with van der Waals surface area (Å²) < 4.78 is 25.0. The molecule has 0 unspecified atom stereocenters. The maximum Gasteiger partial charge on any atom is 0.303 e. The van der Waals surface area contributed by atoms with Gasteiger partial charge in [-0.25, -0.2) is 8.42 Å². The minimum Gasteiger partial charge on any atom is -0.507 e. The summed E-state index contributed by atoms with van der Waals surface area (Å²) in [6.45, 7) is 0.638. The molecule has 0 aliphatic rings. The first-order valence-electron chi connectivity index (χ1n) is 7.92. The number of hydrogen-bond donors (Lipinski definition) is 2. The van der Waals surface area contributed by atoms with E-state index >= 15 is 0 Å². The van der Waals surface area contributed by atoms with Crippen molar-refractivity contribution < 1.29 is 23.4 Å². The summed E-state index contributed by atoms with van der Waals surface area (Å²) in [7, 11) is -3.31. The Bertz CT molecular complexity index is 655. The first-order chi connectivity index (χ1) is 11.3. The highest BCUT2D eigenvalue weighted by molar-refractivity contribution is 7.88. The molecule has 0 aromatic heterocycles. The number of phenols is 1. The molecule has 0 amide bonds. The normalized spacial score (nSPS) is 12.1. The number of carboxylic acids is 1. The molecule has 0 heterocycles. The van der Waals surface area contributed by atoms with E-state index in [1.165, 1.54) is 10.6 Å². The molecule has 0 saturated carbocycles. The lowest BCUT2D eigenvalue weighted by Crippen LogP contribution is -2.31. The summed E-state index contributed by atoms with van der Waals surface area (Å²) in [5.41, 5.74) is 0.639. The van der Waals surface area contributed by atoms with Gasteiger partial charge in [0.2, 0.25) is 10.0 Å². The Hall–Kier alpha value is -1.86. The number of hydrogen-bond acceptors (Lipinski definition) is 4. The molecule has 0 radical (unpaired) electrons. The molecule has 0 aliphatic heterocycles. The molecule has 0 fully saturated rings. The molecule has 0 bridgehead atoms. The Labute approximate surface area is 143 Å². The lowest BCUT2D eigenvalue weighted by molar-refractivity contribution is -0.137. The number of aliphatic carboxylic acids is 1. The van der Waals surface area contributed by atoms with Crippen molar-refractivity contribution in [3.8, 4) is 5.75 Å². The molecule has 0 atom stereocenters. The summed E-state index contributed by atoms with van der Waals surface area (Å²) in [6.07, 6.45) is 7.60. The van der Waals surface area contributed by atoms with Gasteiger partial charge in [-0.2, -0.15) is 4.31 Å². The second-order valence-electron chi connectivity index (χ2n) is 5.64. The zero-order valence-electron chi connectivity index (χ0n) is 13.9. The number of rotatable bonds is 11. The van der Waals surface area contributed by atoms with Gasteiger partial charge in [-0.1, -0.05) is 43.2 Å². The van der Waals surface area contributed by atoms with Crippen LogP contribution in [0.1, 0.15) is 37.7 Å². The number of carbonyl (C=O) groups is 1. The van der Waals surface area contributed by atoms with Crippen LogP contribution in [0.4, 0.5) is 0 Å². The van der Waals surface area contributed by atoms with Crippen molar-refractivity contribution in [3.05, 3.63) is 35.9 Å². The van der Waals surface area contributed by atoms with Gasteiger partial charge < -0.3 is 10.2 Å². The van der Waals surface area contributed by atoms with Gasteiger partial charge in [0.25, 0.3) is 0 Å². The van der Waals surface area contributed by atoms with Crippen molar-refractivity contribution in [1.82, 2.24) is 4.31 Å². The topological polar surface area (TPSA) is 94.9 Å². The zero-order chi connectivity index (χ0) is 18.0. The fourth-order valence-corrected chi connectivity index (χ4v) is 3.05. The van der Waals surface area contributed by atoms with E-state index in [0.29, 0.717) is 24.9 Å². The SMILES string of the molecule is CS(=O)(=O)N(C/C=C/c1ccccc1O)CCCCCCC(=O)O. The molecule has 1 aromatic rings. The van der Waals surface area contributed by atoms with Crippen molar-refractivity contribution >= 4 is 22.1 Å². The van der Waals surface area contributed by atoms with Crippen LogP contribution in [0.3, 0.4) is 0 Å². The number of unbranched alkanes of at least 4 members (excludes halogenated alkanes) is 3. The average molecular weight is 355 g/mol. The van der Waals surface area contributed by atoms with E-state index in [-0.39, 0.29) is 18.7 Å². The van der Waals surface area contributed by atoms with Crippen molar-refractivity contribution in [2.75, 3.05) is 19.3 Å². The molecule has 7 heteroatoms. The minimum absolute atomic E-state index is 0.151. The number of carboxylic acid groups (broad SMARTS) is 1. The van der Waals surface area contributed by atoms with Crippen LogP contribution in [0, 0.1) is 0 Å². The van der Waals surface area contributed by atoms with E-state index < -0.39 is 16.0 Å². The highest BCUT2D eigenvalue weighted by Gasteiger charge is 2.14. The maximum absolute atomic E-state index is 11.8. The molecular weight excluding hydrogens is 330 g/mol.